The Kier molecular flexibility index (Phi) is 3.31. The fraction of sp³-hybridized carbons (Fsp3) is 0.667. The normalized spacial score (nSPS) is 37.5. The summed E-state index contributed by atoms with van der Waals surface area (Å²) in [7, 11) is 0. The van der Waals surface area contributed by atoms with Gasteiger partial charge in [-0.05, 0) is 49.1 Å². The Balaban J connectivity index is 1.61. The number of hydrogen-bond donors (Lipinski definition) is 1. The van der Waals surface area contributed by atoms with E-state index in [1.54, 1.807) is 11.1 Å². The predicted octanol–water partition coefficient (Wildman–Crippen LogP) is 3.45. The van der Waals surface area contributed by atoms with Crippen LogP contribution in [0.1, 0.15) is 62.1 Å². The second-order valence-corrected chi connectivity index (χ2v) is 7.04. The molecule has 0 saturated carbocycles. The summed E-state index contributed by atoms with van der Waals surface area (Å²) in [6.45, 7) is 4.92. The number of rotatable bonds is 1. The van der Waals surface area contributed by atoms with Crippen molar-refractivity contribution < 1.29 is 0 Å². The third-order valence-electron chi connectivity index (χ3n) is 5.75. The molecule has 2 fully saturated rings. The standard InChI is InChI=1S/C18H26N2/c1-13-6-9-18(17-5-3-2-4-16(13)17)20-11-10-14-7-8-15(12-20)19-14/h2-5,13-15,18-19H,6-12H2,1H3. The molecule has 20 heavy (non-hydrogen) atoms. The number of nitrogens with one attached hydrogen (secondary N) is 1. The van der Waals surface area contributed by atoms with Crippen LogP contribution in [0.5, 0.6) is 0 Å². The average molecular weight is 270 g/mol. The Labute approximate surface area is 122 Å². The number of fused-ring (bicyclic) bond motifs is 3. The summed E-state index contributed by atoms with van der Waals surface area (Å²) in [6, 6.07) is 11.4. The summed E-state index contributed by atoms with van der Waals surface area (Å²) in [5, 5.41) is 3.81. The second kappa shape index (κ2) is 5.16. The minimum absolute atomic E-state index is 0.670. The van der Waals surface area contributed by atoms with Crippen LogP contribution in [0, 0.1) is 0 Å². The van der Waals surface area contributed by atoms with Gasteiger partial charge in [0, 0.05) is 31.2 Å². The summed E-state index contributed by atoms with van der Waals surface area (Å²) < 4.78 is 0. The summed E-state index contributed by atoms with van der Waals surface area (Å²) in [4.78, 5) is 2.78. The lowest BCUT2D eigenvalue weighted by molar-refractivity contribution is 0.166. The Morgan fingerprint density at radius 1 is 0.950 bits per heavy atom. The van der Waals surface area contributed by atoms with Crippen LogP contribution in [0.15, 0.2) is 24.3 Å². The van der Waals surface area contributed by atoms with E-state index < -0.39 is 0 Å². The summed E-state index contributed by atoms with van der Waals surface area (Å²) in [5.41, 5.74) is 3.22. The largest absolute Gasteiger partial charge is 0.310 e. The number of likely N-dealkylation sites (tertiary alicyclic amines) is 1. The highest BCUT2D eigenvalue weighted by molar-refractivity contribution is 5.35. The van der Waals surface area contributed by atoms with Gasteiger partial charge in [-0.15, -0.1) is 0 Å². The van der Waals surface area contributed by atoms with E-state index in [4.69, 9.17) is 0 Å². The van der Waals surface area contributed by atoms with Gasteiger partial charge in [-0.3, -0.25) is 4.90 Å². The molecule has 2 heterocycles. The molecule has 2 aliphatic heterocycles. The van der Waals surface area contributed by atoms with Gasteiger partial charge in [0.2, 0.25) is 0 Å². The van der Waals surface area contributed by atoms with E-state index in [1.807, 2.05) is 0 Å². The zero-order chi connectivity index (χ0) is 13.5. The molecule has 0 amide bonds. The minimum atomic E-state index is 0.670. The molecular weight excluding hydrogens is 244 g/mol. The maximum atomic E-state index is 3.81. The van der Waals surface area contributed by atoms with Gasteiger partial charge >= 0.3 is 0 Å². The van der Waals surface area contributed by atoms with Gasteiger partial charge in [0.15, 0.2) is 0 Å². The molecule has 2 bridgehead atoms. The van der Waals surface area contributed by atoms with Gasteiger partial charge < -0.3 is 5.32 Å². The van der Waals surface area contributed by atoms with Gasteiger partial charge in [0.1, 0.15) is 0 Å². The van der Waals surface area contributed by atoms with Crippen molar-refractivity contribution in [1.29, 1.82) is 0 Å². The highest BCUT2D eigenvalue weighted by Gasteiger charge is 2.35. The molecule has 3 aliphatic rings. The molecular formula is C18H26N2. The van der Waals surface area contributed by atoms with Crippen molar-refractivity contribution in [3.8, 4) is 0 Å². The Morgan fingerprint density at radius 2 is 1.75 bits per heavy atom. The third kappa shape index (κ3) is 2.19. The molecule has 2 saturated heterocycles. The van der Waals surface area contributed by atoms with E-state index in [-0.39, 0.29) is 0 Å². The molecule has 2 nitrogen and oxygen atoms in total. The van der Waals surface area contributed by atoms with E-state index in [0.717, 1.165) is 18.0 Å². The molecule has 0 aromatic heterocycles. The van der Waals surface area contributed by atoms with Gasteiger partial charge in [0.25, 0.3) is 0 Å². The molecule has 1 N–H and O–H groups in total. The van der Waals surface area contributed by atoms with Crippen LogP contribution < -0.4 is 5.32 Å². The number of hydrogen-bond acceptors (Lipinski definition) is 2. The van der Waals surface area contributed by atoms with Crippen LogP contribution in [-0.4, -0.2) is 30.1 Å². The highest BCUT2D eigenvalue weighted by atomic mass is 15.2. The van der Waals surface area contributed by atoms with Crippen LogP contribution in [0.3, 0.4) is 0 Å². The molecule has 1 aliphatic carbocycles. The Hall–Kier alpha value is -0.860. The first-order valence-electron chi connectivity index (χ1n) is 8.40. The molecule has 108 valence electrons. The monoisotopic (exact) mass is 270 g/mol. The van der Waals surface area contributed by atoms with Crippen molar-refractivity contribution in [2.45, 2.75) is 63.1 Å². The molecule has 1 aromatic rings. The topological polar surface area (TPSA) is 15.3 Å². The first-order chi connectivity index (χ1) is 9.81. The first-order valence-corrected chi connectivity index (χ1v) is 8.40. The summed E-state index contributed by atoms with van der Waals surface area (Å²) in [5.74, 6) is 0.740. The van der Waals surface area contributed by atoms with Crippen LogP contribution in [0.2, 0.25) is 0 Å². The lowest BCUT2D eigenvalue weighted by Gasteiger charge is -2.38. The van der Waals surface area contributed by atoms with Crippen LogP contribution in [0.25, 0.3) is 0 Å². The summed E-state index contributed by atoms with van der Waals surface area (Å²) in [6.07, 6.45) is 6.81. The quantitative estimate of drug-likeness (QED) is 0.841. The van der Waals surface area contributed by atoms with Gasteiger partial charge in [-0.2, -0.15) is 0 Å². The van der Waals surface area contributed by atoms with E-state index in [1.165, 1.54) is 45.2 Å². The predicted molar refractivity (Wildman–Crippen MR) is 83.0 cm³/mol. The Morgan fingerprint density at radius 3 is 2.65 bits per heavy atom. The fourth-order valence-corrected chi connectivity index (χ4v) is 4.61. The maximum absolute atomic E-state index is 3.81. The molecule has 2 heteroatoms. The molecule has 0 radical (unpaired) electrons. The van der Waals surface area contributed by atoms with Crippen molar-refractivity contribution >= 4 is 0 Å². The van der Waals surface area contributed by atoms with E-state index in [0.29, 0.717) is 6.04 Å². The molecule has 4 rings (SSSR count). The van der Waals surface area contributed by atoms with Gasteiger partial charge in [0.05, 0.1) is 0 Å². The SMILES string of the molecule is CC1CCC(N2CCC3CCC(C2)N3)c2ccccc21. The Bertz CT molecular complexity index is 484. The van der Waals surface area contributed by atoms with Crippen LogP contribution >= 0.6 is 0 Å². The maximum Gasteiger partial charge on any atom is 0.0351 e. The number of nitrogens with zero attached hydrogens (tertiary/aromatic N) is 1. The molecule has 4 atom stereocenters. The highest BCUT2D eigenvalue weighted by Crippen LogP contribution is 2.41. The van der Waals surface area contributed by atoms with Crippen molar-refractivity contribution in [3.05, 3.63) is 35.4 Å². The minimum Gasteiger partial charge on any atom is -0.310 e. The summed E-state index contributed by atoms with van der Waals surface area (Å²) >= 11 is 0. The van der Waals surface area contributed by atoms with Gasteiger partial charge in [-0.25, -0.2) is 0 Å². The molecule has 1 aromatic carbocycles. The third-order valence-corrected chi connectivity index (χ3v) is 5.75. The van der Waals surface area contributed by atoms with Gasteiger partial charge in [-0.1, -0.05) is 31.2 Å². The van der Waals surface area contributed by atoms with E-state index in [9.17, 15) is 0 Å². The first kappa shape index (κ1) is 12.8. The lowest BCUT2D eigenvalue weighted by atomic mass is 9.80. The zero-order valence-corrected chi connectivity index (χ0v) is 12.5. The number of benzene rings is 1. The zero-order valence-electron chi connectivity index (χ0n) is 12.5. The van der Waals surface area contributed by atoms with Crippen LogP contribution in [-0.2, 0) is 0 Å². The molecule has 4 unspecified atom stereocenters. The second-order valence-electron chi connectivity index (χ2n) is 7.04. The van der Waals surface area contributed by atoms with Crippen molar-refractivity contribution in [2.75, 3.05) is 13.1 Å². The smallest absolute Gasteiger partial charge is 0.0351 e. The van der Waals surface area contributed by atoms with Crippen LogP contribution in [0.4, 0.5) is 0 Å². The van der Waals surface area contributed by atoms with E-state index in [2.05, 4.69) is 41.4 Å². The lowest BCUT2D eigenvalue weighted by Crippen LogP contribution is -2.39. The molecule has 0 spiro atoms. The fourth-order valence-electron chi connectivity index (χ4n) is 4.61. The van der Waals surface area contributed by atoms with Crippen molar-refractivity contribution in [1.82, 2.24) is 10.2 Å². The average Bonchev–Trinajstić information content (AvgIpc) is 2.80. The van der Waals surface area contributed by atoms with E-state index >= 15 is 0 Å². The van der Waals surface area contributed by atoms with Crippen molar-refractivity contribution in [3.63, 3.8) is 0 Å². The van der Waals surface area contributed by atoms with Crippen molar-refractivity contribution in [2.24, 2.45) is 0 Å².